The van der Waals surface area contributed by atoms with E-state index in [1.165, 1.54) is 0 Å². The lowest BCUT2D eigenvalue weighted by Crippen LogP contribution is -2.71. The molecule has 240 valence electrons. The third-order valence-corrected chi connectivity index (χ3v) is 8.08. The van der Waals surface area contributed by atoms with Crippen molar-refractivity contribution in [2.45, 2.75) is 97.4 Å². The minimum Gasteiger partial charge on any atom is -0.394 e. The van der Waals surface area contributed by atoms with Crippen molar-refractivity contribution in [2.24, 2.45) is 11.5 Å². The van der Waals surface area contributed by atoms with Crippen LogP contribution in [0.25, 0.3) is 0 Å². The fraction of sp³-hybridized carbons (Fsp3) is 0.792. The first kappa shape index (κ1) is 33.7. The van der Waals surface area contributed by atoms with Crippen molar-refractivity contribution < 1.29 is 64.5 Å². The summed E-state index contributed by atoms with van der Waals surface area (Å²) >= 11 is 6.15. The van der Waals surface area contributed by atoms with Crippen molar-refractivity contribution in [3.63, 3.8) is 0 Å². The maximum atomic E-state index is 11.5. The highest BCUT2D eigenvalue weighted by molar-refractivity contribution is 6.23. The average molecular weight is 627 g/mol. The maximum absolute atomic E-state index is 11.5. The van der Waals surface area contributed by atoms with Gasteiger partial charge >= 0.3 is 0 Å². The summed E-state index contributed by atoms with van der Waals surface area (Å²) in [4.78, 5) is 3.96. The Bertz CT molecular complexity index is 991. The number of nitrogens with two attached hydrogens (primary N) is 2. The van der Waals surface area contributed by atoms with Gasteiger partial charge in [-0.15, -0.1) is 0 Å². The number of nitrogens with one attached hydrogen (secondary N) is 1. The highest BCUT2D eigenvalue weighted by atomic mass is 35.5. The third kappa shape index (κ3) is 6.87. The molecular formula is C24H39ClN4O13. The molecule has 3 aliphatic rings. The summed E-state index contributed by atoms with van der Waals surface area (Å²) in [7, 11) is 0. The minimum absolute atomic E-state index is 0.148. The largest absolute Gasteiger partial charge is 0.394 e. The smallest absolute Gasteiger partial charge is 0.195 e. The number of ether oxygens (including phenoxy) is 5. The predicted molar refractivity (Wildman–Crippen MR) is 139 cm³/mol. The Morgan fingerprint density at radius 3 is 2.07 bits per heavy atom. The molecule has 0 spiro atoms. The van der Waals surface area contributed by atoms with Gasteiger partial charge in [0.15, 0.2) is 23.9 Å². The molecular weight excluding hydrogens is 588 g/mol. The van der Waals surface area contributed by atoms with E-state index in [4.69, 9.17) is 46.8 Å². The highest BCUT2D eigenvalue weighted by Crippen LogP contribution is 2.36. The van der Waals surface area contributed by atoms with Crippen LogP contribution in [-0.4, -0.2) is 157 Å². The normalized spacial score (nSPS) is 46.5. The summed E-state index contributed by atoms with van der Waals surface area (Å²) in [5.41, 5.74) is 12.6. The molecule has 1 aromatic rings. The zero-order chi connectivity index (χ0) is 30.8. The van der Waals surface area contributed by atoms with E-state index in [-0.39, 0.29) is 6.54 Å². The van der Waals surface area contributed by atoms with Crippen molar-refractivity contribution in [1.82, 2.24) is 10.3 Å². The number of halogens is 1. The van der Waals surface area contributed by atoms with Crippen LogP contribution in [0.2, 0.25) is 0 Å². The predicted octanol–water partition coefficient (Wildman–Crippen LogP) is -5.88. The van der Waals surface area contributed by atoms with Gasteiger partial charge in [-0.3, -0.25) is 4.98 Å². The van der Waals surface area contributed by atoms with Crippen molar-refractivity contribution in [3.8, 4) is 0 Å². The van der Waals surface area contributed by atoms with Crippen LogP contribution in [0.4, 0.5) is 0 Å². The first-order valence-corrected chi connectivity index (χ1v) is 13.7. The number of aliphatic hydroxyl groups excluding tert-OH is 8. The number of nitrogens with zero attached hydrogens (tertiary/aromatic N) is 1. The quantitative estimate of drug-likeness (QED) is 0.108. The summed E-state index contributed by atoms with van der Waals surface area (Å²) in [5.74, 6) is 0. The molecule has 0 aromatic carbocycles. The average Bonchev–Trinajstić information content (AvgIpc) is 2.99. The SMILES string of the molecule is N[C@H]1[C@@H](OC2[C@@H](CO)O[C@@H](OC3[C@@H](CO)O[C@@H](O)[C@H](N)[C@H]3O)[C@H](NCc3ccncc3)[C@H]2O)O[C@@](Cl)(CO)[C@@H](O)[C@@H]1O. The molecule has 3 aliphatic heterocycles. The third-order valence-electron chi connectivity index (χ3n) is 7.65. The minimum atomic E-state index is -2.18. The van der Waals surface area contributed by atoms with Gasteiger partial charge < -0.3 is 81.3 Å². The summed E-state index contributed by atoms with van der Waals surface area (Å²) in [6.45, 7) is -2.17. The molecule has 13 N–H and O–H groups in total. The Morgan fingerprint density at radius 1 is 0.857 bits per heavy atom. The number of hydrogen-bond donors (Lipinski definition) is 11. The molecule has 18 heteroatoms. The van der Waals surface area contributed by atoms with Gasteiger partial charge in [0.05, 0.1) is 37.9 Å². The van der Waals surface area contributed by atoms with Gasteiger partial charge in [0, 0.05) is 18.9 Å². The fourth-order valence-electron chi connectivity index (χ4n) is 5.10. The standard InChI is InChI=1S/C24H39ClN4O13/c25-24(8-32)20(36)16(34)13(27)22(42-24)40-19-11(7-31)39-23(14(17(19)35)29-5-9-1-3-28-4-2-9)41-18-10(6-30)38-21(37)12(26)15(18)33/h1-4,10-23,29-37H,5-8,26-27H2/t10-,11-,12-,13-,14-,15-,16-,17-,18?,19?,20+,21-,22+,23+,24+/m1/s1. The van der Waals surface area contributed by atoms with E-state index >= 15 is 0 Å². The number of alkyl halides is 1. The van der Waals surface area contributed by atoms with Crippen LogP contribution in [0, 0.1) is 0 Å². The second kappa shape index (κ2) is 14.3. The Morgan fingerprint density at radius 2 is 1.45 bits per heavy atom. The van der Waals surface area contributed by atoms with E-state index in [1.54, 1.807) is 24.5 Å². The van der Waals surface area contributed by atoms with Gasteiger partial charge in [0.2, 0.25) is 0 Å². The van der Waals surface area contributed by atoms with Gasteiger partial charge in [-0.25, -0.2) is 0 Å². The fourth-order valence-corrected chi connectivity index (χ4v) is 5.32. The first-order valence-electron chi connectivity index (χ1n) is 13.3. The lowest BCUT2D eigenvalue weighted by Gasteiger charge is -2.50. The Kier molecular flexibility index (Phi) is 11.4. The Hall–Kier alpha value is -1.20. The van der Waals surface area contributed by atoms with Crippen LogP contribution in [0.3, 0.4) is 0 Å². The van der Waals surface area contributed by atoms with E-state index in [9.17, 15) is 40.9 Å². The van der Waals surface area contributed by atoms with E-state index in [1.807, 2.05) is 0 Å². The number of hydrogen-bond acceptors (Lipinski definition) is 17. The number of pyridine rings is 1. The lowest BCUT2D eigenvalue weighted by atomic mass is 9.94. The molecule has 0 aliphatic carbocycles. The summed E-state index contributed by atoms with van der Waals surface area (Å²) in [6.07, 6.45) is -13.3. The first-order chi connectivity index (χ1) is 19.9. The van der Waals surface area contributed by atoms with Crippen molar-refractivity contribution >= 4 is 11.6 Å². The molecule has 4 rings (SSSR count). The van der Waals surface area contributed by atoms with Gasteiger partial charge in [-0.1, -0.05) is 11.6 Å². The van der Waals surface area contributed by atoms with E-state index < -0.39 is 111 Å². The second-order valence-corrected chi connectivity index (χ2v) is 11.1. The van der Waals surface area contributed by atoms with Crippen LogP contribution in [0.1, 0.15) is 5.56 Å². The monoisotopic (exact) mass is 626 g/mol. The zero-order valence-electron chi connectivity index (χ0n) is 22.3. The molecule has 2 unspecified atom stereocenters. The molecule has 3 saturated heterocycles. The van der Waals surface area contributed by atoms with Crippen molar-refractivity contribution in [3.05, 3.63) is 30.1 Å². The van der Waals surface area contributed by atoms with E-state index in [0.717, 1.165) is 5.56 Å². The topological polar surface area (TPSA) is 285 Å². The molecule has 4 heterocycles. The van der Waals surface area contributed by atoms with Crippen LogP contribution >= 0.6 is 11.6 Å². The van der Waals surface area contributed by atoms with Crippen LogP contribution in [0.15, 0.2) is 24.5 Å². The maximum Gasteiger partial charge on any atom is 0.195 e. The Balaban J connectivity index is 1.59. The molecule has 3 fully saturated rings. The highest BCUT2D eigenvalue weighted by Gasteiger charge is 2.56. The molecule has 0 amide bonds. The zero-order valence-corrected chi connectivity index (χ0v) is 23.1. The van der Waals surface area contributed by atoms with Gasteiger partial charge in [-0.2, -0.15) is 0 Å². The van der Waals surface area contributed by atoms with Crippen molar-refractivity contribution in [1.29, 1.82) is 0 Å². The lowest BCUT2D eigenvalue weighted by molar-refractivity contribution is -0.354. The molecule has 42 heavy (non-hydrogen) atoms. The van der Waals surface area contributed by atoms with Crippen LogP contribution < -0.4 is 16.8 Å². The van der Waals surface area contributed by atoms with Gasteiger partial charge in [-0.05, 0) is 17.7 Å². The second-order valence-electron chi connectivity index (χ2n) is 10.4. The number of aromatic nitrogens is 1. The molecule has 0 saturated carbocycles. The van der Waals surface area contributed by atoms with E-state index in [2.05, 4.69) is 10.3 Å². The summed E-state index contributed by atoms with van der Waals surface area (Å²) in [5, 5.41) is 83.4. The summed E-state index contributed by atoms with van der Waals surface area (Å²) < 4.78 is 28.5. The Labute approximate surface area is 245 Å². The van der Waals surface area contributed by atoms with Crippen LogP contribution in [0.5, 0.6) is 0 Å². The van der Waals surface area contributed by atoms with E-state index in [0.29, 0.717) is 0 Å². The van der Waals surface area contributed by atoms with Gasteiger partial charge in [0.25, 0.3) is 0 Å². The van der Waals surface area contributed by atoms with Crippen molar-refractivity contribution in [2.75, 3.05) is 19.8 Å². The molecule has 17 nitrogen and oxygen atoms in total. The molecule has 1 aromatic heterocycles. The summed E-state index contributed by atoms with van der Waals surface area (Å²) in [6, 6.07) is -0.431. The molecule has 15 atom stereocenters. The molecule has 0 radical (unpaired) electrons. The number of aliphatic hydroxyl groups is 8. The van der Waals surface area contributed by atoms with Crippen LogP contribution in [-0.2, 0) is 30.2 Å². The number of rotatable bonds is 10. The van der Waals surface area contributed by atoms with Gasteiger partial charge in [0.1, 0.15) is 48.8 Å². The molecule has 0 bridgehead atoms.